The van der Waals surface area contributed by atoms with E-state index in [2.05, 4.69) is 16.4 Å². The fourth-order valence-electron chi connectivity index (χ4n) is 6.11. The van der Waals surface area contributed by atoms with Crippen LogP contribution >= 0.6 is 0 Å². The van der Waals surface area contributed by atoms with Gasteiger partial charge in [-0.3, -0.25) is 14.5 Å². The number of benzene rings is 2. The number of nitriles is 2. The van der Waals surface area contributed by atoms with E-state index in [9.17, 15) is 38.1 Å². The lowest BCUT2D eigenvalue weighted by atomic mass is 9.96. The van der Waals surface area contributed by atoms with Gasteiger partial charge in [0.05, 0.1) is 23.3 Å². The Bertz CT molecular complexity index is 1750. The van der Waals surface area contributed by atoms with Crippen molar-refractivity contribution in [3.8, 4) is 12.1 Å². The van der Waals surface area contributed by atoms with Gasteiger partial charge in [-0.05, 0) is 75.1 Å². The molecule has 9 nitrogen and oxygen atoms in total. The summed E-state index contributed by atoms with van der Waals surface area (Å²) in [7, 11) is 0. The van der Waals surface area contributed by atoms with E-state index in [1.807, 2.05) is 0 Å². The predicted molar refractivity (Wildman–Crippen MR) is 146 cm³/mol. The van der Waals surface area contributed by atoms with Gasteiger partial charge in [0.1, 0.15) is 17.7 Å². The number of ether oxygens (including phenoxy) is 1. The van der Waals surface area contributed by atoms with Crippen molar-refractivity contribution in [3.63, 3.8) is 0 Å². The summed E-state index contributed by atoms with van der Waals surface area (Å²) in [4.78, 5) is 43.1. The fourth-order valence-corrected chi connectivity index (χ4v) is 6.11. The lowest BCUT2D eigenvalue weighted by molar-refractivity contribution is -0.137. The first-order chi connectivity index (χ1) is 19.7. The number of H-pyrrole nitrogens is 1. The van der Waals surface area contributed by atoms with Crippen molar-refractivity contribution in [2.45, 2.75) is 76.4 Å². The zero-order valence-corrected chi connectivity index (χ0v) is 23.1. The fraction of sp³-hybridized carbons (Fsp3) is 0.433. The Hall–Kier alpha value is -4.58. The van der Waals surface area contributed by atoms with Crippen LogP contribution in [-0.4, -0.2) is 45.6 Å². The summed E-state index contributed by atoms with van der Waals surface area (Å²) < 4.78 is 45.8. The molecule has 2 N–H and O–H groups in total. The molecule has 2 amide bonds. The minimum absolute atomic E-state index is 0.0365. The number of carbonyl (C=O) groups excluding carboxylic acids is 2. The normalized spacial score (nSPS) is 20.8. The summed E-state index contributed by atoms with van der Waals surface area (Å²) in [5.74, 6) is -0.487. The van der Waals surface area contributed by atoms with Crippen LogP contribution in [-0.2, 0) is 22.1 Å². The van der Waals surface area contributed by atoms with Crippen molar-refractivity contribution in [1.29, 1.82) is 10.5 Å². The van der Waals surface area contributed by atoms with Gasteiger partial charge in [0.25, 0.3) is 5.56 Å². The number of likely N-dealkylation sites (tertiary alicyclic amines) is 1. The second-order valence-electron chi connectivity index (χ2n) is 11.8. The Morgan fingerprint density at radius 3 is 2.50 bits per heavy atom. The van der Waals surface area contributed by atoms with Crippen molar-refractivity contribution in [1.82, 2.24) is 15.2 Å². The molecule has 1 saturated carbocycles. The third-order valence-electron chi connectivity index (χ3n) is 7.82. The maximum absolute atomic E-state index is 13.4. The number of fused-ring (bicyclic) bond motifs is 5. The number of amides is 2. The predicted octanol–water partition coefficient (Wildman–Crippen LogP) is 4.91. The van der Waals surface area contributed by atoms with E-state index in [4.69, 9.17) is 4.74 Å². The van der Waals surface area contributed by atoms with Crippen molar-refractivity contribution in [3.05, 3.63) is 57.4 Å². The number of aromatic nitrogens is 1. The molecule has 0 spiro atoms. The highest BCUT2D eigenvalue weighted by atomic mass is 19.4. The number of hydrogen-bond acceptors (Lipinski definition) is 6. The van der Waals surface area contributed by atoms with E-state index >= 15 is 0 Å². The van der Waals surface area contributed by atoms with Gasteiger partial charge in [-0.15, -0.1) is 0 Å². The Morgan fingerprint density at radius 2 is 1.86 bits per heavy atom. The average molecular weight is 580 g/mol. The van der Waals surface area contributed by atoms with Gasteiger partial charge in [0, 0.05) is 28.8 Å². The van der Waals surface area contributed by atoms with E-state index in [0.29, 0.717) is 17.4 Å². The van der Waals surface area contributed by atoms with Gasteiger partial charge in [-0.25, -0.2) is 4.79 Å². The highest BCUT2D eigenvalue weighted by molar-refractivity contribution is 6.06. The average Bonchev–Trinajstić information content (AvgIpc) is 3.53. The van der Waals surface area contributed by atoms with Crippen molar-refractivity contribution in [2.24, 2.45) is 5.92 Å². The molecule has 2 aromatic carbocycles. The van der Waals surface area contributed by atoms with Crippen LogP contribution in [0, 0.1) is 28.6 Å². The van der Waals surface area contributed by atoms with Crippen LogP contribution in [0.5, 0.6) is 0 Å². The minimum Gasteiger partial charge on any atom is -0.444 e. The summed E-state index contributed by atoms with van der Waals surface area (Å²) in [6.45, 7) is 5.25. The molecule has 1 aliphatic heterocycles. The van der Waals surface area contributed by atoms with Crippen LogP contribution in [0.2, 0.25) is 0 Å². The first-order valence-corrected chi connectivity index (χ1v) is 13.5. The summed E-state index contributed by atoms with van der Waals surface area (Å²) in [6, 6.07) is 8.33. The molecule has 2 bridgehead atoms. The van der Waals surface area contributed by atoms with Gasteiger partial charge < -0.3 is 15.0 Å². The number of rotatable bonds is 4. The number of aromatic amines is 1. The van der Waals surface area contributed by atoms with Gasteiger partial charge in [-0.1, -0.05) is 12.1 Å². The van der Waals surface area contributed by atoms with Gasteiger partial charge in [0.15, 0.2) is 0 Å². The van der Waals surface area contributed by atoms with Crippen LogP contribution in [0.25, 0.3) is 21.7 Å². The van der Waals surface area contributed by atoms with Crippen LogP contribution in [0.15, 0.2) is 35.1 Å². The van der Waals surface area contributed by atoms with E-state index in [0.717, 1.165) is 25.0 Å². The lowest BCUT2D eigenvalue weighted by Gasteiger charge is -2.35. The Morgan fingerprint density at radius 1 is 1.12 bits per heavy atom. The van der Waals surface area contributed by atoms with Crippen molar-refractivity contribution in [2.75, 3.05) is 0 Å². The number of nitrogens with zero attached hydrogens (tertiary/aromatic N) is 3. The Balaban J connectivity index is 1.40. The molecule has 3 aromatic rings. The molecule has 4 atom stereocenters. The van der Waals surface area contributed by atoms with E-state index in [1.54, 1.807) is 39.0 Å². The molecule has 218 valence electrons. The van der Waals surface area contributed by atoms with E-state index in [1.165, 1.54) is 11.0 Å². The van der Waals surface area contributed by atoms with Crippen LogP contribution < -0.4 is 10.9 Å². The number of nitrogens with one attached hydrogen (secondary N) is 2. The number of carbonyl (C=O) groups is 2. The maximum Gasteiger partial charge on any atom is 0.417 e. The monoisotopic (exact) mass is 579 g/mol. The molecule has 2 fully saturated rings. The molecule has 2 aliphatic rings. The number of hydrogen-bond donors (Lipinski definition) is 2. The van der Waals surface area contributed by atoms with Crippen molar-refractivity contribution >= 4 is 33.7 Å². The molecule has 42 heavy (non-hydrogen) atoms. The van der Waals surface area contributed by atoms with Gasteiger partial charge in [-0.2, -0.15) is 23.7 Å². The van der Waals surface area contributed by atoms with Crippen LogP contribution in [0.4, 0.5) is 18.0 Å². The Kier molecular flexibility index (Phi) is 7.13. The molecule has 5 rings (SSSR count). The molecule has 0 radical (unpaired) electrons. The molecule has 12 heteroatoms. The first kappa shape index (κ1) is 28.9. The number of pyridine rings is 1. The largest absolute Gasteiger partial charge is 0.444 e. The third kappa shape index (κ3) is 5.37. The molecule has 1 aromatic heterocycles. The topological polar surface area (TPSA) is 139 Å². The smallest absolute Gasteiger partial charge is 0.417 e. The highest BCUT2D eigenvalue weighted by Crippen LogP contribution is 2.43. The summed E-state index contributed by atoms with van der Waals surface area (Å²) in [5.41, 5.74) is -2.61. The number of piperidine rings is 1. The summed E-state index contributed by atoms with van der Waals surface area (Å²) in [5, 5.41) is 22.7. The molecule has 1 saturated heterocycles. The molecular weight excluding hydrogens is 551 g/mol. The quantitative estimate of drug-likeness (QED) is 0.421. The standard InChI is InChI=1S/C30H28F3N5O4/c1-29(2,3)42-28(41)38-19-6-5-16(10-19)25(38)27(40)36-18(14-35)8-15-4-7-20-21-11-17(13-34)23(30(31,32)33)12-24(21)37-26(39)22(20)9-15/h4,7,9,11-12,16,18-19,25H,5-6,8,10H2,1-3H3,(H,36,40)(H,37,39). The van der Waals surface area contributed by atoms with Crippen LogP contribution in [0.3, 0.4) is 0 Å². The molecule has 1 aliphatic carbocycles. The van der Waals surface area contributed by atoms with E-state index in [-0.39, 0.29) is 34.7 Å². The Labute approximate surface area is 238 Å². The SMILES string of the molecule is CC(C)(C)OC(=O)N1C2CCC(C2)C1C(=O)NC(C#N)Cc1ccc2c(c1)c(=O)[nH]c1cc(C(F)(F)F)c(C#N)cc12. The van der Waals surface area contributed by atoms with Crippen molar-refractivity contribution < 1.29 is 27.5 Å². The van der Waals surface area contributed by atoms with Crippen LogP contribution in [0.1, 0.15) is 56.7 Å². The second-order valence-corrected chi connectivity index (χ2v) is 11.8. The summed E-state index contributed by atoms with van der Waals surface area (Å²) >= 11 is 0. The number of alkyl halides is 3. The van der Waals surface area contributed by atoms with E-state index < -0.39 is 52.5 Å². The lowest BCUT2D eigenvalue weighted by Crippen LogP contribution is -2.55. The molecular formula is C30H28F3N5O4. The van der Waals surface area contributed by atoms with Gasteiger partial charge in [0.2, 0.25) is 5.91 Å². The third-order valence-corrected chi connectivity index (χ3v) is 7.82. The molecule has 4 unspecified atom stereocenters. The minimum atomic E-state index is -4.77. The zero-order chi connectivity index (χ0) is 30.6. The zero-order valence-electron chi connectivity index (χ0n) is 23.1. The summed E-state index contributed by atoms with van der Waals surface area (Å²) in [6.07, 6.45) is -3.03. The maximum atomic E-state index is 13.4. The molecule has 2 heterocycles. The first-order valence-electron chi connectivity index (χ1n) is 13.5. The number of halogens is 3. The highest BCUT2D eigenvalue weighted by Gasteiger charge is 2.52. The second kappa shape index (κ2) is 10.4. The van der Waals surface area contributed by atoms with Gasteiger partial charge >= 0.3 is 12.3 Å².